The van der Waals surface area contributed by atoms with Gasteiger partial charge >= 0.3 is 0 Å². The zero-order valence-electron chi connectivity index (χ0n) is 15.9. The third-order valence-corrected chi connectivity index (χ3v) is 6.51. The van der Waals surface area contributed by atoms with Crippen LogP contribution >= 0.6 is 0 Å². The summed E-state index contributed by atoms with van der Waals surface area (Å²) in [6.45, 7) is 7.48. The van der Waals surface area contributed by atoms with Crippen LogP contribution in [0.25, 0.3) is 0 Å². The first-order valence-corrected chi connectivity index (χ1v) is 10.8. The van der Waals surface area contributed by atoms with Gasteiger partial charge in [0, 0.05) is 31.3 Å². The molecule has 1 N–H and O–H groups in total. The molecule has 1 unspecified atom stereocenters. The Kier molecular flexibility index (Phi) is 7.61. The van der Waals surface area contributed by atoms with Gasteiger partial charge in [-0.3, -0.25) is 4.79 Å². The predicted octanol–water partition coefficient (Wildman–Crippen LogP) is 2.79. The SMILES string of the molecule is CC(C)OCCCNC(=O)c1cccc(S(=O)(=O)N2CCCCC2C)c1. The van der Waals surface area contributed by atoms with Gasteiger partial charge in [-0.25, -0.2) is 8.42 Å². The summed E-state index contributed by atoms with van der Waals surface area (Å²) in [5, 5.41) is 2.81. The fraction of sp³-hybridized carbons (Fsp3) is 0.632. The normalized spacial score (nSPS) is 18.8. The summed E-state index contributed by atoms with van der Waals surface area (Å²) in [4.78, 5) is 12.5. The molecule has 0 bridgehead atoms. The number of carbonyl (C=O) groups excluding carboxylic acids is 1. The van der Waals surface area contributed by atoms with Crippen molar-refractivity contribution in [2.24, 2.45) is 0 Å². The Morgan fingerprint density at radius 2 is 2.12 bits per heavy atom. The Morgan fingerprint density at radius 3 is 2.81 bits per heavy atom. The van der Waals surface area contributed by atoms with Gasteiger partial charge in [0.2, 0.25) is 10.0 Å². The lowest BCUT2D eigenvalue weighted by Gasteiger charge is -2.32. The Hall–Kier alpha value is -1.44. The van der Waals surface area contributed by atoms with Crippen LogP contribution in [0.1, 0.15) is 56.8 Å². The number of rotatable bonds is 8. The van der Waals surface area contributed by atoms with Gasteiger partial charge in [0.25, 0.3) is 5.91 Å². The smallest absolute Gasteiger partial charge is 0.251 e. The van der Waals surface area contributed by atoms with E-state index >= 15 is 0 Å². The molecular formula is C19H30N2O4S. The van der Waals surface area contributed by atoms with Crippen molar-refractivity contribution in [3.05, 3.63) is 29.8 Å². The Balaban J connectivity index is 2.01. The maximum absolute atomic E-state index is 12.9. The van der Waals surface area contributed by atoms with Crippen LogP contribution in [-0.4, -0.2) is 50.5 Å². The van der Waals surface area contributed by atoms with E-state index < -0.39 is 10.0 Å². The van der Waals surface area contributed by atoms with Crippen LogP contribution < -0.4 is 5.32 Å². The number of hydrogen-bond donors (Lipinski definition) is 1. The number of nitrogens with one attached hydrogen (secondary N) is 1. The van der Waals surface area contributed by atoms with Crippen LogP contribution in [0.15, 0.2) is 29.2 Å². The number of carbonyl (C=O) groups is 1. The summed E-state index contributed by atoms with van der Waals surface area (Å²) in [6, 6.07) is 6.28. The second-order valence-corrected chi connectivity index (χ2v) is 8.91. The van der Waals surface area contributed by atoms with Gasteiger partial charge in [-0.1, -0.05) is 12.5 Å². The minimum absolute atomic E-state index is 0.00723. The molecule has 146 valence electrons. The van der Waals surface area contributed by atoms with Crippen molar-refractivity contribution in [2.75, 3.05) is 19.7 Å². The maximum atomic E-state index is 12.9. The van der Waals surface area contributed by atoms with Gasteiger partial charge < -0.3 is 10.1 Å². The molecule has 0 aliphatic carbocycles. The van der Waals surface area contributed by atoms with Crippen molar-refractivity contribution in [1.82, 2.24) is 9.62 Å². The molecule has 6 nitrogen and oxygen atoms in total. The quantitative estimate of drug-likeness (QED) is 0.702. The molecule has 0 spiro atoms. The van der Waals surface area contributed by atoms with Crippen molar-refractivity contribution < 1.29 is 17.9 Å². The van der Waals surface area contributed by atoms with E-state index in [1.165, 1.54) is 6.07 Å². The number of nitrogens with zero attached hydrogens (tertiary/aromatic N) is 1. The van der Waals surface area contributed by atoms with E-state index in [0.717, 1.165) is 19.3 Å². The maximum Gasteiger partial charge on any atom is 0.251 e. The molecule has 2 rings (SSSR count). The van der Waals surface area contributed by atoms with Crippen molar-refractivity contribution in [3.63, 3.8) is 0 Å². The van der Waals surface area contributed by atoms with Crippen LogP contribution in [0.4, 0.5) is 0 Å². The molecule has 1 aliphatic rings. The van der Waals surface area contributed by atoms with Crippen molar-refractivity contribution in [1.29, 1.82) is 0 Å². The molecule has 1 saturated heterocycles. The monoisotopic (exact) mass is 382 g/mol. The van der Waals surface area contributed by atoms with Gasteiger partial charge in [0.1, 0.15) is 0 Å². The Labute approximate surface area is 157 Å². The first kappa shape index (κ1) is 20.9. The Bertz CT molecular complexity index is 703. The third-order valence-electron chi connectivity index (χ3n) is 4.50. The molecule has 1 heterocycles. The van der Waals surface area contributed by atoms with Crippen LogP contribution in [0, 0.1) is 0 Å². The molecule has 1 amide bonds. The first-order chi connectivity index (χ1) is 12.3. The van der Waals surface area contributed by atoms with Crippen LogP contribution in [0.3, 0.4) is 0 Å². The van der Waals surface area contributed by atoms with E-state index in [-0.39, 0.29) is 22.9 Å². The summed E-state index contributed by atoms with van der Waals surface area (Å²) in [7, 11) is -3.57. The summed E-state index contributed by atoms with van der Waals surface area (Å²) < 4.78 is 32.8. The van der Waals surface area contributed by atoms with Gasteiger partial charge in [-0.05, 0) is 58.2 Å². The highest BCUT2D eigenvalue weighted by atomic mass is 32.2. The molecule has 0 saturated carbocycles. The highest BCUT2D eigenvalue weighted by molar-refractivity contribution is 7.89. The van der Waals surface area contributed by atoms with Gasteiger partial charge in [0.15, 0.2) is 0 Å². The summed E-state index contributed by atoms with van der Waals surface area (Å²) >= 11 is 0. The second kappa shape index (κ2) is 9.48. The zero-order valence-corrected chi connectivity index (χ0v) is 16.7. The standard InChI is InChI=1S/C19H30N2O4S/c1-15(2)25-13-7-11-20-19(22)17-9-6-10-18(14-17)26(23,24)21-12-5-4-8-16(21)3/h6,9-10,14-16H,4-5,7-8,11-13H2,1-3H3,(H,20,22). The molecule has 7 heteroatoms. The average Bonchev–Trinajstić information content (AvgIpc) is 2.61. The topological polar surface area (TPSA) is 75.7 Å². The molecule has 1 aromatic carbocycles. The van der Waals surface area contributed by atoms with E-state index in [1.807, 2.05) is 20.8 Å². The molecule has 0 aromatic heterocycles. The molecular weight excluding hydrogens is 352 g/mol. The minimum Gasteiger partial charge on any atom is -0.379 e. The molecule has 1 aliphatic heterocycles. The van der Waals surface area contributed by atoms with Crippen LogP contribution in [0.5, 0.6) is 0 Å². The Morgan fingerprint density at radius 1 is 1.35 bits per heavy atom. The molecule has 1 aromatic rings. The number of hydrogen-bond acceptors (Lipinski definition) is 4. The number of amides is 1. The minimum atomic E-state index is -3.57. The van der Waals surface area contributed by atoms with Crippen LogP contribution in [0.2, 0.25) is 0 Å². The van der Waals surface area contributed by atoms with Crippen molar-refractivity contribution >= 4 is 15.9 Å². The van der Waals surface area contributed by atoms with Gasteiger partial charge in [0.05, 0.1) is 11.0 Å². The van der Waals surface area contributed by atoms with E-state index in [2.05, 4.69) is 5.32 Å². The summed E-state index contributed by atoms with van der Waals surface area (Å²) in [5.41, 5.74) is 0.362. The molecule has 0 radical (unpaired) electrons. The van der Waals surface area contributed by atoms with E-state index in [9.17, 15) is 13.2 Å². The van der Waals surface area contributed by atoms with Crippen LogP contribution in [-0.2, 0) is 14.8 Å². The lowest BCUT2D eigenvalue weighted by atomic mass is 10.1. The average molecular weight is 383 g/mol. The number of benzene rings is 1. The molecule has 1 atom stereocenters. The highest BCUT2D eigenvalue weighted by Crippen LogP contribution is 2.25. The number of sulfonamides is 1. The number of ether oxygens (including phenoxy) is 1. The van der Waals surface area contributed by atoms with Crippen molar-refractivity contribution in [3.8, 4) is 0 Å². The number of piperidine rings is 1. The largest absolute Gasteiger partial charge is 0.379 e. The fourth-order valence-corrected chi connectivity index (χ4v) is 4.80. The van der Waals surface area contributed by atoms with Gasteiger partial charge in [-0.2, -0.15) is 4.31 Å². The van der Waals surface area contributed by atoms with E-state index in [1.54, 1.807) is 22.5 Å². The zero-order chi connectivity index (χ0) is 19.2. The predicted molar refractivity (Wildman–Crippen MR) is 102 cm³/mol. The van der Waals surface area contributed by atoms with Gasteiger partial charge in [-0.15, -0.1) is 0 Å². The highest BCUT2D eigenvalue weighted by Gasteiger charge is 2.31. The first-order valence-electron chi connectivity index (χ1n) is 9.34. The lowest BCUT2D eigenvalue weighted by Crippen LogP contribution is -2.42. The summed E-state index contributed by atoms with van der Waals surface area (Å²) in [5.74, 6) is -0.265. The van der Waals surface area contributed by atoms with E-state index in [4.69, 9.17) is 4.74 Å². The third kappa shape index (κ3) is 5.53. The fourth-order valence-electron chi connectivity index (χ4n) is 3.06. The summed E-state index contributed by atoms with van der Waals surface area (Å²) in [6.07, 6.45) is 3.69. The van der Waals surface area contributed by atoms with Crippen molar-refractivity contribution in [2.45, 2.75) is 63.5 Å². The molecule has 1 fully saturated rings. The molecule has 26 heavy (non-hydrogen) atoms. The lowest BCUT2D eigenvalue weighted by molar-refractivity contribution is 0.0757. The van der Waals surface area contributed by atoms with E-state index in [0.29, 0.717) is 31.7 Å². The second-order valence-electron chi connectivity index (χ2n) is 7.02.